The summed E-state index contributed by atoms with van der Waals surface area (Å²) in [7, 11) is 1.58. The first-order valence-electron chi connectivity index (χ1n) is 10.1. The highest BCUT2D eigenvalue weighted by Crippen LogP contribution is 2.40. The summed E-state index contributed by atoms with van der Waals surface area (Å²) in [5, 5.41) is 0. The molecule has 0 N–H and O–H groups in total. The highest BCUT2D eigenvalue weighted by atomic mass is 16.5. The first-order valence-corrected chi connectivity index (χ1v) is 10.1. The zero-order valence-electron chi connectivity index (χ0n) is 16.6. The Bertz CT molecular complexity index is 749. The number of Topliss-reactive ketones (excluding diaryl/α,β-unsaturated/α-hetero) is 1. The van der Waals surface area contributed by atoms with E-state index in [1.165, 1.54) is 36.9 Å². The number of aromatic nitrogens is 2. The molecule has 0 amide bonds. The first-order chi connectivity index (χ1) is 13.1. The lowest BCUT2D eigenvalue weighted by molar-refractivity contribution is 0.0925. The van der Waals surface area contributed by atoms with Crippen LogP contribution in [0.3, 0.4) is 0 Å². The van der Waals surface area contributed by atoms with Crippen molar-refractivity contribution in [2.45, 2.75) is 58.3 Å². The molecule has 27 heavy (non-hydrogen) atoms. The number of ether oxygens (including phenoxy) is 1. The van der Waals surface area contributed by atoms with E-state index in [-0.39, 0.29) is 5.78 Å². The Morgan fingerprint density at radius 2 is 1.96 bits per heavy atom. The Kier molecular flexibility index (Phi) is 6.59. The van der Waals surface area contributed by atoms with E-state index >= 15 is 0 Å². The molecule has 2 aromatic rings. The molecule has 2 aromatic heterocycles. The maximum Gasteiger partial charge on any atom is 0.212 e. The predicted octanol–water partition coefficient (Wildman–Crippen LogP) is 5.37. The molecule has 0 bridgehead atoms. The van der Waals surface area contributed by atoms with Crippen LogP contribution in [0, 0.1) is 18.8 Å². The number of carbonyl (C=O) groups excluding carboxylic acids is 1. The van der Waals surface area contributed by atoms with Gasteiger partial charge in [0.1, 0.15) is 0 Å². The number of hydrogen-bond acceptors (Lipinski definition) is 4. The molecular weight excluding hydrogens is 336 g/mol. The van der Waals surface area contributed by atoms with Crippen molar-refractivity contribution in [1.82, 2.24) is 9.97 Å². The number of methoxy groups -OCH3 is 1. The van der Waals surface area contributed by atoms with Crippen LogP contribution in [-0.2, 0) is 0 Å². The zero-order chi connectivity index (χ0) is 19.2. The van der Waals surface area contributed by atoms with Crippen LogP contribution < -0.4 is 4.74 Å². The summed E-state index contributed by atoms with van der Waals surface area (Å²) < 4.78 is 5.07. The van der Waals surface area contributed by atoms with Crippen LogP contribution in [0.5, 0.6) is 5.88 Å². The molecule has 0 aliphatic heterocycles. The van der Waals surface area contributed by atoms with Gasteiger partial charge in [0.2, 0.25) is 5.88 Å². The molecule has 2 heterocycles. The standard InChI is InChI=1S/C23H30N2O2/c1-4-17(14-22(26)20-9-10-23(27-3)25-15-20)18-5-7-19(8-6-18)21-13-16(2)11-12-24-21/h9-13,15,17-19H,4-8,14H2,1-3H3. The average molecular weight is 367 g/mol. The average Bonchev–Trinajstić information content (AvgIpc) is 2.72. The second-order valence-electron chi connectivity index (χ2n) is 7.75. The Balaban J connectivity index is 1.57. The van der Waals surface area contributed by atoms with Crippen LogP contribution in [0.1, 0.15) is 73.0 Å². The number of rotatable bonds is 7. The van der Waals surface area contributed by atoms with Gasteiger partial charge in [-0.25, -0.2) is 4.98 Å². The largest absolute Gasteiger partial charge is 0.481 e. The Morgan fingerprint density at radius 3 is 2.56 bits per heavy atom. The minimum Gasteiger partial charge on any atom is -0.481 e. The summed E-state index contributed by atoms with van der Waals surface area (Å²) in [6, 6.07) is 7.86. The van der Waals surface area contributed by atoms with Crippen molar-refractivity contribution >= 4 is 5.78 Å². The summed E-state index contributed by atoms with van der Waals surface area (Å²) in [6.45, 7) is 4.34. The summed E-state index contributed by atoms with van der Waals surface area (Å²) in [5.74, 6) is 2.39. The van der Waals surface area contributed by atoms with Gasteiger partial charge in [0.15, 0.2) is 5.78 Å². The van der Waals surface area contributed by atoms with Crippen molar-refractivity contribution in [2.75, 3.05) is 7.11 Å². The van der Waals surface area contributed by atoms with Crippen molar-refractivity contribution in [1.29, 1.82) is 0 Å². The van der Waals surface area contributed by atoms with Crippen LogP contribution in [0.4, 0.5) is 0 Å². The number of hydrogen-bond donors (Lipinski definition) is 0. The Labute approximate surface area is 162 Å². The van der Waals surface area contributed by atoms with Gasteiger partial charge in [-0.05, 0) is 68.2 Å². The molecule has 1 fully saturated rings. The highest BCUT2D eigenvalue weighted by molar-refractivity contribution is 5.95. The topological polar surface area (TPSA) is 52.1 Å². The van der Waals surface area contributed by atoms with Crippen LogP contribution >= 0.6 is 0 Å². The van der Waals surface area contributed by atoms with Gasteiger partial charge in [-0.3, -0.25) is 9.78 Å². The molecule has 0 spiro atoms. The van der Waals surface area contributed by atoms with Crippen molar-refractivity contribution < 1.29 is 9.53 Å². The normalized spacial score (nSPS) is 20.9. The monoisotopic (exact) mass is 366 g/mol. The van der Waals surface area contributed by atoms with E-state index in [0.29, 0.717) is 35.6 Å². The molecular formula is C23H30N2O2. The molecule has 144 valence electrons. The minimum absolute atomic E-state index is 0.194. The minimum atomic E-state index is 0.194. The van der Waals surface area contributed by atoms with Gasteiger partial charge in [0.25, 0.3) is 0 Å². The lowest BCUT2D eigenvalue weighted by atomic mass is 9.72. The molecule has 1 unspecified atom stereocenters. The Morgan fingerprint density at radius 1 is 1.19 bits per heavy atom. The summed E-state index contributed by atoms with van der Waals surface area (Å²) in [6.07, 6.45) is 9.95. The van der Waals surface area contributed by atoms with E-state index in [1.807, 2.05) is 12.3 Å². The van der Waals surface area contributed by atoms with Gasteiger partial charge in [0, 0.05) is 42.1 Å². The van der Waals surface area contributed by atoms with Gasteiger partial charge < -0.3 is 4.74 Å². The van der Waals surface area contributed by atoms with Crippen molar-refractivity contribution in [3.8, 4) is 5.88 Å². The predicted molar refractivity (Wildman–Crippen MR) is 107 cm³/mol. The molecule has 0 aromatic carbocycles. The van der Waals surface area contributed by atoms with Crippen LogP contribution in [0.2, 0.25) is 0 Å². The number of ketones is 1. The fourth-order valence-corrected chi connectivity index (χ4v) is 4.34. The fourth-order valence-electron chi connectivity index (χ4n) is 4.34. The maximum atomic E-state index is 12.7. The number of pyridine rings is 2. The van der Waals surface area contributed by atoms with Crippen LogP contribution in [-0.4, -0.2) is 22.9 Å². The maximum absolute atomic E-state index is 12.7. The van der Waals surface area contributed by atoms with Gasteiger partial charge in [-0.2, -0.15) is 0 Å². The zero-order valence-corrected chi connectivity index (χ0v) is 16.6. The van der Waals surface area contributed by atoms with Crippen molar-refractivity contribution in [2.24, 2.45) is 11.8 Å². The second kappa shape index (κ2) is 9.12. The van der Waals surface area contributed by atoms with Gasteiger partial charge in [-0.1, -0.05) is 13.3 Å². The molecule has 1 aliphatic carbocycles. The van der Waals surface area contributed by atoms with Crippen LogP contribution in [0.15, 0.2) is 36.7 Å². The summed E-state index contributed by atoms with van der Waals surface area (Å²) >= 11 is 0. The van der Waals surface area contributed by atoms with E-state index in [1.54, 1.807) is 19.4 Å². The highest BCUT2D eigenvalue weighted by Gasteiger charge is 2.29. The molecule has 1 saturated carbocycles. The van der Waals surface area contributed by atoms with Crippen molar-refractivity contribution in [3.05, 3.63) is 53.5 Å². The summed E-state index contributed by atoms with van der Waals surface area (Å²) in [5.41, 5.74) is 3.21. The van der Waals surface area contributed by atoms with Gasteiger partial charge in [0.05, 0.1) is 7.11 Å². The van der Waals surface area contributed by atoms with E-state index in [0.717, 1.165) is 6.42 Å². The summed E-state index contributed by atoms with van der Waals surface area (Å²) in [4.78, 5) is 21.4. The Hall–Kier alpha value is -2.23. The number of nitrogens with zero attached hydrogens (tertiary/aromatic N) is 2. The van der Waals surface area contributed by atoms with E-state index < -0.39 is 0 Å². The number of carbonyl (C=O) groups is 1. The molecule has 0 radical (unpaired) electrons. The molecule has 1 aliphatic rings. The SMILES string of the molecule is CCC(CC(=O)c1ccc(OC)nc1)C1CCC(c2cc(C)ccn2)CC1. The third kappa shape index (κ3) is 4.94. The quantitative estimate of drug-likeness (QED) is 0.618. The molecule has 1 atom stereocenters. The number of aryl methyl sites for hydroxylation is 1. The first kappa shape index (κ1) is 19.5. The lowest BCUT2D eigenvalue weighted by Crippen LogP contribution is -2.23. The molecule has 0 saturated heterocycles. The lowest BCUT2D eigenvalue weighted by Gasteiger charge is -2.33. The third-order valence-corrected chi connectivity index (χ3v) is 6.03. The van der Waals surface area contributed by atoms with E-state index in [9.17, 15) is 4.79 Å². The van der Waals surface area contributed by atoms with Crippen molar-refractivity contribution in [3.63, 3.8) is 0 Å². The smallest absolute Gasteiger partial charge is 0.212 e. The van der Waals surface area contributed by atoms with Gasteiger partial charge in [-0.15, -0.1) is 0 Å². The van der Waals surface area contributed by atoms with E-state index in [4.69, 9.17) is 4.74 Å². The van der Waals surface area contributed by atoms with Gasteiger partial charge >= 0.3 is 0 Å². The fraction of sp³-hybridized carbons (Fsp3) is 0.522. The molecule has 4 nitrogen and oxygen atoms in total. The van der Waals surface area contributed by atoms with E-state index in [2.05, 4.69) is 35.9 Å². The third-order valence-electron chi connectivity index (χ3n) is 6.03. The second-order valence-corrected chi connectivity index (χ2v) is 7.75. The molecule has 3 rings (SSSR count). The molecule has 4 heteroatoms. The van der Waals surface area contributed by atoms with Crippen LogP contribution in [0.25, 0.3) is 0 Å².